The first-order chi connectivity index (χ1) is 6.77. The minimum Gasteiger partial charge on any atom is -0.354 e. The number of hydrogen-bond donors (Lipinski definition) is 2. The van der Waals surface area contributed by atoms with Crippen molar-refractivity contribution in [2.75, 3.05) is 6.54 Å². The molecule has 2 atom stereocenters. The van der Waals surface area contributed by atoms with Gasteiger partial charge in [0, 0.05) is 31.5 Å². The summed E-state index contributed by atoms with van der Waals surface area (Å²) in [5, 5.41) is 2.85. The molecule has 2 unspecified atom stereocenters. The van der Waals surface area contributed by atoms with E-state index in [1.165, 1.54) is 0 Å². The molecule has 0 radical (unpaired) electrons. The van der Waals surface area contributed by atoms with Crippen LogP contribution in [-0.2, 0) is 11.3 Å². The van der Waals surface area contributed by atoms with Gasteiger partial charge in [-0.05, 0) is 6.42 Å². The quantitative estimate of drug-likeness (QED) is 0.668. The van der Waals surface area contributed by atoms with Crippen LogP contribution < -0.4 is 11.1 Å². The SMILES string of the molecule is NC1CC1C(=O)NCCn1ccnc1. The van der Waals surface area contributed by atoms with Gasteiger partial charge in [-0.3, -0.25) is 4.79 Å². The molecule has 0 aromatic carbocycles. The van der Waals surface area contributed by atoms with E-state index in [9.17, 15) is 4.79 Å². The number of carbonyl (C=O) groups is 1. The van der Waals surface area contributed by atoms with Crippen molar-refractivity contribution in [3.05, 3.63) is 18.7 Å². The minimum atomic E-state index is 0.0535. The van der Waals surface area contributed by atoms with Gasteiger partial charge in [0.15, 0.2) is 0 Å². The zero-order valence-electron chi connectivity index (χ0n) is 7.89. The summed E-state index contributed by atoms with van der Waals surface area (Å²) >= 11 is 0. The van der Waals surface area contributed by atoms with Gasteiger partial charge in [0.25, 0.3) is 0 Å². The maximum absolute atomic E-state index is 11.3. The lowest BCUT2D eigenvalue weighted by atomic mass is 10.4. The molecule has 0 aliphatic heterocycles. The van der Waals surface area contributed by atoms with Gasteiger partial charge in [-0.2, -0.15) is 0 Å². The Morgan fingerprint density at radius 3 is 3.07 bits per heavy atom. The van der Waals surface area contributed by atoms with Gasteiger partial charge in [-0.1, -0.05) is 0 Å². The predicted octanol–water partition coefficient (Wildman–Crippen LogP) is -0.654. The zero-order chi connectivity index (χ0) is 9.97. The van der Waals surface area contributed by atoms with Gasteiger partial charge < -0.3 is 15.6 Å². The topological polar surface area (TPSA) is 72.9 Å². The number of aromatic nitrogens is 2. The molecule has 0 spiro atoms. The second-order valence-corrected chi connectivity index (χ2v) is 3.60. The Labute approximate surface area is 82.3 Å². The number of nitrogens with zero attached hydrogens (tertiary/aromatic N) is 2. The maximum atomic E-state index is 11.3. The van der Waals surface area contributed by atoms with Crippen molar-refractivity contribution >= 4 is 5.91 Å². The van der Waals surface area contributed by atoms with Crippen LogP contribution in [0.2, 0.25) is 0 Å². The van der Waals surface area contributed by atoms with Gasteiger partial charge in [0.05, 0.1) is 12.2 Å². The molecular formula is C9H14N4O. The van der Waals surface area contributed by atoms with Gasteiger partial charge in [0.2, 0.25) is 5.91 Å². The van der Waals surface area contributed by atoms with E-state index in [0.29, 0.717) is 6.54 Å². The highest BCUT2D eigenvalue weighted by molar-refractivity contribution is 5.82. The molecule has 3 N–H and O–H groups in total. The first-order valence-electron chi connectivity index (χ1n) is 4.76. The lowest BCUT2D eigenvalue weighted by Gasteiger charge is -2.04. The molecule has 1 aromatic rings. The number of carbonyl (C=O) groups excluding carboxylic acids is 1. The van der Waals surface area contributed by atoms with Gasteiger partial charge in [0.1, 0.15) is 0 Å². The third-order valence-electron chi connectivity index (χ3n) is 2.40. The van der Waals surface area contributed by atoms with E-state index in [1.54, 1.807) is 12.5 Å². The molecule has 1 heterocycles. The van der Waals surface area contributed by atoms with Gasteiger partial charge in [-0.15, -0.1) is 0 Å². The number of nitrogens with two attached hydrogens (primary N) is 1. The molecule has 5 nitrogen and oxygen atoms in total. The fraction of sp³-hybridized carbons (Fsp3) is 0.556. The summed E-state index contributed by atoms with van der Waals surface area (Å²) in [4.78, 5) is 15.2. The van der Waals surface area contributed by atoms with E-state index in [1.807, 2.05) is 10.8 Å². The van der Waals surface area contributed by atoms with E-state index in [0.717, 1.165) is 13.0 Å². The third-order valence-corrected chi connectivity index (χ3v) is 2.40. The van der Waals surface area contributed by atoms with Crippen molar-refractivity contribution < 1.29 is 4.79 Å². The number of rotatable bonds is 4. The molecule has 76 valence electrons. The fourth-order valence-corrected chi connectivity index (χ4v) is 1.37. The molecular weight excluding hydrogens is 180 g/mol. The molecule has 1 aliphatic rings. The van der Waals surface area contributed by atoms with E-state index in [-0.39, 0.29) is 17.9 Å². The molecule has 1 saturated carbocycles. The van der Waals surface area contributed by atoms with Crippen LogP contribution in [0.1, 0.15) is 6.42 Å². The molecule has 2 rings (SSSR count). The Bertz CT molecular complexity index is 309. The normalized spacial score (nSPS) is 24.6. The molecule has 0 bridgehead atoms. The van der Waals surface area contributed by atoms with Crippen LogP contribution in [0.5, 0.6) is 0 Å². The monoisotopic (exact) mass is 194 g/mol. The molecule has 1 aliphatic carbocycles. The summed E-state index contributed by atoms with van der Waals surface area (Å²) in [6.07, 6.45) is 6.15. The smallest absolute Gasteiger partial charge is 0.224 e. The highest BCUT2D eigenvalue weighted by Crippen LogP contribution is 2.27. The van der Waals surface area contributed by atoms with Gasteiger partial charge >= 0.3 is 0 Å². The van der Waals surface area contributed by atoms with E-state index in [2.05, 4.69) is 10.3 Å². The minimum absolute atomic E-state index is 0.0535. The fourth-order valence-electron chi connectivity index (χ4n) is 1.37. The molecule has 14 heavy (non-hydrogen) atoms. The summed E-state index contributed by atoms with van der Waals surface area (Å²) in [5.41, 5.74) is 5.56. The second kappa shape index (κ2) is 3.79. The Kier molecular flexibility index (Phi) is 2.49. The van der Waals surface area contributed by atoms with Crippen molar-refractivity contribution in [2.24, 2.45) is 11.7 Å². The summed E-state index contributed by atoms with van der Waals surface area (Å²) in [5.74, 6) is 0.135. The van der Waals surface area contributed by atoms with Crippen molar-refractivity contribution in [2.45, 2.75) is 19.0 Å². The van der Waals surface area contributed by atoms with Crippen LogP contribution >= 0.6 is 0 Å². The molecule has 5 heteroatoms. The standard InChI is InChI=1S/C9H14N4O/c10-8-5-7(8)9(14)12-2-4-13-3-1-11-6-13/h1,3,6-8H,2,4-5,10H2,(H,12,14). The average Bonchev–Trinajstić information content (AvgIpc) is 2.68. The highest BCUT2D eigenvalue weighted by atomic mass is 16.2. The Balaban J connectivity index is 1.66. The van der Waals surface area contributed by atoms with Crippen molar-refractivity contribution in [3.8, 4) is 0 Å². The van der Waals surface area contributed by atoms with Crippen LogP contribution in [0.15, 0.2) is 18.7 Å². The Morgan fingerprint density at radius 2 is 2.50 bits per heavy atom. The highest BCUT2D eigenvalue weighted by Gasteiger charge is 2.39. The lowest BCUT2D eigenvalue weighted by molar-refractivity contribution is -0.122. The molecule has 1 fully saturated rings. The van der Waals surface area contributed by atoms with E-state index >= 15 is 0 Å². The first-order valence-corrected chi connectivity index (χ1v) is 4.76. The summed E-state index contributed by atoms with van der Waals surface area (Å²) in [6, 6.07) is 0.0863. The van der Waals surface area contributed by atoms with Crippen LogP contribution in [0.25, 0.3) is 0 Å². The van der Waals surface area contributed by atoms with Crippen LogP contribution in [-0.4, -0.2) is 28.0 Å². The summed E-state index contributed by atoms with van der Waals surface area (Å²) in [6.45, 7) is 1.39. The van der Waals surface area contributed by atoms with Crippen molar-refractivity contribution in [1.29, 1.82) is 0 Å². The number of nitrogens with one attached hydrogen (secondary N) is 1. The van der Waals surface area contributed by atoms with Crippen LogP contribution in [0.3, 0.4) is 0 Å². The summed E-state index contributed by atoms with van der Waals surface area (Å²) < 4.78 is 1.92. The van der Waals surface area contributed by atoms with E-state index < -0.39 is 0 Å². The van der Waals surface area contributed by atoms with Crippen LogP contribution in [0, 0.1) is 5.92 Å². The Hall–Kier alpha value is -1.36. The number of hydrogen-bond acceptors (Lipinski definition) is 3. The zero-order valence-corrected chi connectivity index (χ0v) is 7.89. The molecule has 1 amide bonds. The Morgan fingerprint density at radius 1 is 1.71 bits per heavy atom. The maximum Gasteiger partial charge on any atom is 0.224 e. The van der Waals surface area contributed by atoms with Gasteiger partial charge in [-0.25, -0.2) is 4.98 Å². The third kappa shape index (κ3) is 2.11. The van der Waals surface area contributed by atoms with Crippen molar-refractivity contribution in [1.82, 2.24) is 14.9 Å². The predicted molar refractivity (Wildman–Crippen MR) is 51.3 cm³/mol. The van der Waals surface area contributed by atoms with Crippen LogP contribution in [0.4, 0.5) is 0 Å². The molecule has 0 saturated heterocycles. The lowest BCUT2D eigenvalue weighted by Crippen LogP contribution is -2.30. The summed E-state index contributed by atoms with van der Waals surface area (Å²) in [7, 11) is 0. The first kappa shape index (κ1) is 9.21. The van der Waals surface area contributed by atoms with Crippen molar-refractivity contribution in [3.63, 3.8) is 0 Å². The second-order valence-electron chi connectivity index (χ2n) is 3.60. The number of imidazole rings is 1. The van der Waals surface area contributed by atoms with E-state index in [4.69, 9.17) is 5.73 Å². The number of amides is 1. The average molecular weight is 194 g/mol. The molecule has 1 aromatic heterocycles. The largest absolute Gasteiger partial charge is 0.354 e.